The van der Waals surface area contributed by atoms with Crippen molar-refractivity contribution in [2.75, 3.05) is 0 Å². The van der Waals surface area contributed by atoms with E-state index in [9.17, 15) is 4.79 Å². The van der Waals surface area contributed by atoms with Crippen molar-refractivity contribution in [3.05, 3.63) is 105 Å². The van der Waals surface area contributed by atoms with Gasteiger partial charge in [-0.1, -0.05) is 90.2 Å². The number of benzene rings is 3. The first-order valence-electron chi connectivity index (χ1n) is 9.35. The summed E-state index contributed by atoms with van der Waals surface area (Å²) in [5, 5.41) is 0.706. The van der Waals surface area contributed by atoms with Crippen LogP contribution in [-0.2, 0) is 17.9 Å². The molecule has 0 unspecified atom stereocenters. The number of rotatable bonds is 6. The molecule has 0 spiro atoms. The van der Waals surface area contributed by atoms with Crippen molar-refractivity contribution >= 4 is 51.9 Å². The number of carbonyl (C=O) groups excluding carboxylic acids is 1. The van der Waals surface area contributed by atoms with E-state index >= 15 is 0 Å². The minimum Gasteiger partial charge on any atom is -0.489 e. The van der Waals surface area contributed by atoms with Gasteiger partial charge in [-0.25, -0.2) is 0 Å². The van der Waals surface area contributed by atoms with Crippen LogP contribution in [0.2, 0.25) is 5.02 Å². The first kappa shape index (κ1) is 20.7. The average Bonchev–Trinajstić information content (AvgIpc) is 3.02. The average molecular weight is 452 g/mol. The summed E-state index contributed by atoms with van der Waals surface area (Å²) in [4.78, 5) is 15.1. The molecule has 0 atom stereocenters. The Balaban J connectivity index is 1.40. The van der Waals surface area contributed by atoms with E-state index in [2.05, 4.69) is 0 Å². The third kappa shape index (κ3) is 5.11. The van der Waals surface area contributed by atoms with E-state index in [1.165, 1.54) is 11.8 Å². The van der Waals surface area contributed by atoms with Crippen LogP contribution < -0.4 is 4.74 Å². The first-order valence-corrected chi connectivity index (χ1v) is 11.0. The second kappa shape index (κ2) is 9.47. The molecule has 1 aliphatic rings. The van der Waals surface area contributed by atoms with Crippen LogP contribution in [0, 0.1) is 0 Å². The Morgan fingerprint density at radius 2 is 1.63 bits per heavy atom. The molecule has 1 amide bonds. The quantitative estimate of drug-likeness (QED) is 0.324. The van der Waals surface area contributed by atoms with Crippen molar-refractivity contribution in [2.45, 2.75) is 13.2 Å². The summed E-state index contributed by atoms with van der Waals surface area (Å²) >= 11 is 12.7. The van der Waals surface area contributed by atoms with Crippen LogP contribution in [-0.4, -0.2) is 15.1 Å². The van der Waals surface area contributed by atoms with Gasteiger partial charge in [0, 0.05) is 5.02 Å². The fourth-order valence-electron chi connectivity index (χ4n) is 2.96. The van der Waals surface area contributed by atoms with Gasteiger partial charge in [-0.15, -0.1) is 0 Å². The van der Waals surface area contributed by atoms with Gasteiger partial charge in [0.15, 0.2) is 0 Å². The van der Waals surface area contributed by atoms with E-state index < -0.39 is 0 Å². The van der Waals surface area contributed by atoms with Crippen molar-refractivity contribution in [1.82, 2.24) is 4.90 Å². The topological polar surface area (TPSA) is 29.5 Å². The Morgan fingerprint density at radius 3 is 2.33 bits per heavy atom. The normalized spacial score (nSPS) is 15.1. The highest BCUT2D eigenvalue weighted by atomic mass is 35.5. The number of hydrogen-bond donors (Lipinski definition) is 0. The van der Waals surface area contributed by atoms with E-state index in [-0.39, 0.29) is 5.91 Å². The summed E-state index contributed by atoms with van der Waals surface area (Å²) in [5.74, 6) is 0.704. The zero-order valence-electron chi connectivity index (χ0n) is 16.0. The minimum atomic E-state index is -0.0584. The highest BCUT2D eigenvalue weighted by Gasteiger charge is 2.31. The summed E-state index contributed by atoms with van der Waals surface area (Å²) in [6, 6.07) is 25.1. The zero-order chi connectivity index (χ0) is 20.9. The Labute approximate surface area is 190 Å². The van der Waals surface area contributed by atoms with Crippen LogP contribution in [0.25, 0.3) is 6.08 Å². The van der Waals surface area contributed by atoms with Crippen LogP contribution in [0.15, 0.2) is 83.8 Å². The lowest BCUT2D eigenvalue weighted by Crippen LogP contribution is -2.27. The van der Waals surface area contributed by atoms with Gasteiger partial charge in [0.2, 0.25) is 0 Å². The molecule has 0 aliphatic carbocycles. The van der Waals surface area contributed by atoms with Crippen molar-refractivity contribution in [3.8, 4) is 5.75 Å². The maximum absolute atomic E-state index is 12.8. The maximum Gasteiger partial charge on any atom is 0.266 e. The van der Waals surface area contributed by atoms with Crippen molar-refractivity contribution < 1.29 is 9.53 Å². The smallest absolute Gasteiger partial charge is 0.266 e. The Morgan fingerprint density at radius 1 is 0.933 bits per heavy atom. The van der Waals surface area contributed by atoms with Crippen LogP contribution in [0.3, 0.4) is 0 Å². The molecule has 3 aromatic rings. The van der Waals surface area contributed by atoms with Crippen LogP contribution in [0.1, 0.15) is 16.7 Å². The molecule has 4 rings (SSSR count). The molecule has 0 radical (unpaired) electrons. The SMILES string of the molecule is O=C1C(=Cc2ccc(OCc3ccc(Cl)cc3)cc2)SC(=S)N1Cc1ccccc1. The van der Waals surface area contributed by atoms with Crippen molar-refractivity contribution in [1.29, 1.82) is 0 Å². The van der Waals surface area contributed by atoms with Gasteiger partial charge in [0.05, 0.1) is 11.4 Å². The second-order valence-corrected chi connectivity index (χ2v) is 8.85. The van der Waals surface area contributed by atoms with Gasteiger partial charge in [0.1, 0.15) is 16.7 Å². The molecule has 0 N–H and O–H groups in total. The molecular formula is C24H18ClNO2S2. The molecule has 150 valence electrons. The lowest BCUT2D eigenvalue weighted by atomic mass is 10.2. The Bertz CT molecular complexity index is 1080. The predicted molar refractivity (Wildman–Crippen MR) is 127 cm³/mol. The number of carbonyl (C=O) groups is 1. The number of ether oxygens (including phenoxy) is 1. The fraction of sp³-hybridized carbons (Fsp3) is 0.0833. The van der Waals surface area contributed by atoms with Crippen molar-refractivity contribution in [2.24, 2.45) is 0 Å². The lowest BCUT2D eigenvalue weighted by Gasteiger charge is -2.14. The van der Waals surface area contributed by atoms with E-state index in [4.69, 9.17) is 28.6 Å². The largest absolute Gasteiger partial charge is 0.489 e. The van der Waals surface area contributed by atoms with E-state index in [0.717, 1.165) is 22.4 Å². The monoisotopic (exact) mass is 451 g/mol. The molecule has 3 nitrogen and oxygen atoms in total. The summed E-state index contributed by atoms with van der Waals surface area (Å²) in [5.41, 5.74) is 3.02. The molecule has 0 bridgehead atoms. The van der Waals surface area contributed by atoms with Gasteiger partial charge in [-0.2, -0.15) is 0 Å². The van der Waals surface area contributed by atoms with Crippen LogP contribution in [0.4, 0.5) is 0 Å². The molecular weight excluding hydrogens is 434 g/mol. The summed E-state index contributed by atoms with van der Waals surface area (Å²) in [6.07, 6.45) is 1.87. The molecule has 1 aliphatic heterocycles. The number of hydrogen-bond acceptors (Lipinski definition) is 4. The third-order valence-electron chi connectivity index (χ3n) is 4.55. The molecule has 1 heterocycles. The highest BCUT2D eigenvalue weighted by molar-refractivity contribution is 8.26. The Hall–Kier alpha value is -2.60. The van der Waals surface area contributed by atoms with Gasteiger partial charge in [-0.3, -0.25) is 9.69 Å². The number of halogens is 1. The molecule has 1 saturated heterocycles. The molecule has 0 aromatic heterocycles. The molecule has 3 aromatic carbocycles. The number of thioether (sulfide) groups is 1. The number of amides is 1. The molecule has 30 heavy (non-hydrogen) atoms. The number of nitrogens with zero attached hydrogens (tertiary/aromatic N) is 1. The van der Waals surface area contributed by atoms with Gasteiger partial charge in [-0.05, 0) is 47.0 Å². The minimum absolute atomic E-state index is 0.0584. The summed E-state index contributed by atoms with van der Waals surface area (Å²) < 4.78 is 6.40. The Kier molecular flexibility index (Phi) is 6.53. The highest BCUT2D eigenvalue weighted by Crippen LogP contribution is 2.33. The van der Waals surface area contributed by atoms with Gasteiger partial charge >= 0.3 is 0 Å². The molecule has 0 saturated carbocycles. The fourth-order valence-corrected chi connectivity index (χ4v) is 4.34. The van der Waals surface area contributed by atoms with E-state index in [1.54, 1.807) is 4.90 Å². The van der Waals surface area contributed by atoms with Crippen molar-refractivity contribution in [3.63, 3.8) is 0 Å². The standard InChI is InChI=1S/C24H18ClNO2S2/c25-20-10-6-19(7-11-20)16-28-21-12-8-17(9-13-21)14-22-23(27)26(24(29)30-22)15-18-4-2-1-3-5-18/h1-14H,15-16H2. The van der Waals surface area contributed by atoms with Gasteiger partial charge < -0.3 is 4.74 Å². The zero-order valence-corrected chi connectivity index (χ0v) is 18.3. The first-order chi connectivity index (χ1) is 14.6. The van der Waals surface area contributed by atoms with E-state index in [1.807, 2.05) is 84.9 Å². The predicted octanol–water partition coefficient (Wildman–Crippen LogP) is 6.32. The van der Waals surface area contributed by atoms with Crippen LogP contribution in [0.5, 0.6) is 5.75 Å². The lowest BCUT2D eigenvalue weighted by molar-refractivity contribution is -0.122. The summed E-state index contributed by atoms with van der Waals surface area (Å²) in [7, 11) is 0. The van der Waals surface area contributed by atoms with Gasteiger partial charge in [0.25, 0.3) is 5.91 Å². The van der Waals surface area contributed by atoms with Crippen LogP contribution >= 0.6 is 35.6 Å². The second-order valence-electron chi connectivity index (χ2n) is 6.74. The molecule has 6 heteroatoms. The third-order valence-corrected chi connectivity index (χ3v) is 6.18. The summed E-state index contributed by atoms with van der Waals surface area (Å²) in [6.45, 7) is 0.953. The number of thiocarbonyl (C=S) groups is 1. The molecule has 1 fully saturated rings. The van der Waals surface area contributed by atoms with E-state index in [0.29, 0.717) is 27.4 Å². The maximum atomic E-state index is 12.8.